The van der Waals surface area contributed by atoms with Crippen LogP contribution >= 0.6 is 0 Å². The number of halogens is 1. The van der Waals surface area contributed by atoms with Crippen LogP contribution in [0.3, 0.4) is 0 Å². The number of imidazole rings is 1. The van der Waals surface area contributed by atoms with Gasteiger partial charge in [-0.3, -0.25) is 9.59 Å². The third-order valence-corrected chi connectivity index (χ3v) is 8.35. The third kappa shape index (κ3) is 7.75. The number of nitrogens with zero attached hydrogens (tertiary/aromatic N) is 2. The van der Waals surface area contributed by atoms with Gasteiger partial charge in [0.15, 0.2) is 0 Å². The van der Waals surface area contributed by atoms with Gasteiger partial charge in [-0.15, -0.1) is 0 Å². The van der Waals surface area contributed by atoms with Gasteiger partial charge in [0.05, 0.1) is 5.41 Å². The number of H-pyrrole nitrogens is 1. The number of nitrogens with one attached hydrogen (secondary N) is 1. The molecule has 43 heavy (non-hydrogen) atoms. The second-order valence-corrected chi connectivity index (χ2v) is 11.6. The quantitative estimate of drug-likeness (QED) is 0.234. The summed E-state index contributed by atoms with van der Waals surface area (Å²) >= 11 is 0. The van der Waals surface area contributed by atoms with Gasteiger partial charge in [0, 0.05) is 42.8 Å². The number of allylic oxidation sites excluding steroid dienone is 1. The third-order valence-electron chi connectivity index (χ3n) is 8.35. The molecule has 0 spiro atoms. The zero-order valence-corrected chi connectivity index (χ0v) is 26.1. The van der Waals surface area contributed by atoms with Gasteiger partial charge in [0.25, 0.3) is 0 Å². The molecule has 5 nitrogen and oxygen atoms in total. The molecule has 0 atom stereocenters. The van der Waals surface area contributed by atoms with E-state index in [9.17, 15) is 14.0 Å². The Morgan fingerprint density at radius 2 is 1.53 bits per heavy atom. The molecule has 224 valence electrons. The zero-order valence-electron chi connectivity index (χ0n) is 26.1. The number of hydrogen-bond donors (Lipinski definition) is 1. The summed E-state index contributed by atoms with van der Waals surface area (Å²) in [5, 5.41) is 0. The number of aromatic amines is 1. The van der Waals surface area contributed by atoms with Crippen LogP contribution < -0.4 is 4.90 Å². The lowest BCUT2D eigenvalue weighted by Crippen LogP contribution is -2.23. The molecule has 1 fully saturated rings. The molecule has 4 aromatic rings. The monoisotopic (exact) mass is 579 g/mol. The van der Waals surface area contributed by atoms with Gasteiger partial charge in [-0.25, -0.2) is 9.37 Å². The normalized spacial score (nSPS) is 14.3. The molecule has 1 saturated carbocycles. The van der Waals surface area contributed by atoms with Crippen LogP contribution in [0.5, 0.6) is 0 Å². The molecule has 0 amide bonds. The molecule has 0 bridgehead atoms. The molecular formula is C37H42FN3O2. The van der Waals surface area contributed by atoms with Crippen LogP contribution in [0.25, 0.3) is 17.0 Å². The van der Waals surface area contributed by atoms with Crippen molar-refractivity contribution in [1.82, 2.24) is 9.97 Å². The summed E-state index contributed by atoms with van der Waals surface area (Å²) in [5.41, 5.74) is 9.81. The molecular weight excluding hydrogens is 537 g/mol. The van der Waals surface area contributed by atoms with E-state index >= 15 is 0 Å². The number of hydrogen-bond acceptors (Lipinski definition) is 4. The predicted molar refractivity (Wildman–Crippen MR) is 174 cm³/mol. The van der Waals surface area contributed by atoms with E-state index < -0.39 is 5.41 Å². The average molecular weight is 580 g/mol. The fourth-order valence-corrected chi connectivity index (χ4v) is 5.29. The highest BCUT2D eigenvalue weighted by Gasteiger charge is 2.51. The lowest BCUT2D eigenvalue weighted by atomic mass is 9.89. The first-order valence-corrected chi connectivity index (χ1v) is 14.9. The first-order chi connectivity index (χ1) is 20.5. The SMILES string of the molecule is CC(=O)C1(C(C)=O)CC1.CCc1cc2c(cc1-c1ncc[nH]1)C(Cc1ccc(C)cc1)=CCN2C.Cc1ccc(F)cc1. The molecule has 0 radical (unpaired) electrons. The smallest absolute Gasteiger partial charge is 0.143 e. The van der Waals surface area contributed by atoms with Crippen molar-refractivity contribution < 1.29 is 14.0 Å². The van der Waals surface area contributed by atoms with Gasteiger partial charge in [0.2, 0.25) is 0 Å². The van der Waals surface area contributed by atoms with Crippen LogP contribution in [0.15, 0.2) is 79.1 Å². The zero-order chi connectivity index (χ0) is 31.1. The highest BCUT2D eigenvalue weighted by molar-refractivity contribution is 6.07. The van der Waals surface area contributed by atoms with E-state index in [1.165, 1.54) is 65.1 Å². The number of carbonyl (C=O) groups is 2. The van der Waals surface area contributed by atoms with E-state index in [1.807, 2.05) is 19.3 Å². The first kappa shape index (κ1) is 31.6. The summed E-state index contributed by atoms with van der Waals surface area (Å²) < 4.78 is 12.1. The molecule has 0 unspecified atom stereocenters. The van der Waals surface area contributed by atoms with Gasteiger partial charge in [0.1, 0.15) is 23.2 Å². The Bertz CT molecular complexity index is 1550. The number of ketones is 2. The van der Waals surface area contributed by atoms with E-state index in [0.29, 0.717) is 0 Å². The summed E-state index contributed by atoms with van der Waals surface area (Å²) in [5.74, 6) is 0.855. The molecule has 2 aliphatic rings. The van der Waals surface area contributed by atoms with Gasteiger partial charge in [-0.05, 0) is 94.3 Å². The number of rotatable bonds is 6. The van der Waals surface area contributed by atoms with Gasteiger partial charge in [-0.2, -0.15) is 0 Å². The molecule has 6 heteroatoms. The summed E-state index contributed by atoms with van der Waals surface area (Å²) in [7, 11) is 2.17. The number of likely N-dealkylation sites (N-methyl/N-ethyl adjacent to an activating group) is 1. The first-order valence-electron chi connectivity index (χ1n) is 14.9. The lowest BCUT2D eigenvalue weighted by molar-refractivity contribution is -0.132. The highest BCUT2D eigenvalue weighted by Crippen LogP contribution is 2.47. The molecule has 3 aromatic carbocycles. The lowest BCUT2D eigenvalue weighted by Gasteiger charge is -2.29. The van der Waals surface area contributed by atoms with Crippen molar-refractivity contribution in [2.75, 3.05) is 18.5 Å². The fourth-order valence-electron chi connectivity index (χ4n) is 5.29. The molecule has 1 N–H and O–H groups in total. The molecule has 6 rings (SSSR count). The topological polar surface area (TPSA) is 66.1 Å². The Balaban J connectivity index is 0.000000202. The predicted octanol–water partition coefficient (Wildman–Crippen LogP) is 8.10. The number of anilines is 1. The minimum atomic E-state index is -0.528. The second kappa shape index (κ2) is 13.8. The Kier molecular flexibility index (Phi) is 10.1. The average Bonchev–Trinajstić information content (AvgIpc) is 3.65. The number of aromatic nitrogens is 2. The van der Waals surface area contributed by atoms with Crippen LogP contribution in [0, 0.1) is 25.1 Å². The Labute approximate surface area is 254 Å². The number of Topliss-reactive ketones (excluding diaryl/α,β-unsaturated/α-hetero) is 2. The van der Waals surface area contributed by atoms with Crippen molar-refractivity contribution in [2.45, 2.75) is 60.3 Å². The van der Waals surface area contributed by atoms with Crippen molar-refractivity contribution in [1.29, 1.82) is 0 Å². The molecule has 0 saturated heterocycles. The largest absolute Gasteiger partial charge is 0.370 e. The summed E-state index contributed by atoms with van der Waals surface area (Å²) in [4.78, 5) is 31.6. The van der Waals surface area contributed by atoms with Crippen LogP contribution in [-0.2, 0) is 22.4 Å². The molecule has 1 aliphatic heterocycles. The van der Waals surface area contributed by atoms with Gasteiger partial charge >= 0.3 is 0 Å². The van der Waals surface area contributed by atoms with E-state index in [2.05, 4.69) is 78.2 Å². The standard InChI is InChI=1S/C23H25N3.C7H7F.C7H10O2/c1-4-18-14-22-20(15-21(18)23-24-10-11-25-23)19(9-12-26(22)3)13-17-7-5-16(2)6-8-17;1-6-2-4-7(8)5-3-6;1-5(8)7(3-4-7)6(2)9/h5-11,14-15H,4,12-13H2,1-3H3,(H,24,25);2-5H,1H3;3-4H2,1-2H3. The number of carbonyl (C=O) groups excluding carboxylic acids is 2. The molecule has 1 aliphatic carbocycles. The number of benzene rings is 3. The van der Waals surface area contributed by atoms with E-state index in [-0.39, 0.29) is 17.4 Å². The van der Waals surface area contributed by atoms with Crippen molar-refractivity contribution in [3.8, 4) is 11.4 Å². The van der Waals surface area contributed by atoms with Crippen molar-refractivity contribution in [3.63, 3.8) is 0 Å². The van der Waals surface area contributed by atoms with Crippen LogP contribution in [0.2, 0.25) is 0 Å². The van der Waals surface area contributed by atoms with Gasteiger partial charge < -0.3 is 9.88 Å². The maximum atomic E-state index is 12.1. The van der Waals surface area contributed by atoms with Crippen LogP contribution in [-0.4, -0.2) is 35.1 Å². The maximum absolute atomic E-state index is 12.1. The molecule has 1 aromatic heterocycles. The summed E-state index contributed by atoms with van der Waals surface area (Å²) in [6.45, 7) is 10.2. The number of aryl methyl sites for hydroxylation is 3. The van der Waals surface area contributed by atoms with E-state index in [1.54, 1.807) is 12.1 Å². The highest BCUT2D eigenvalue weighted by atomic mass is 19.1. The van der Waals surface area contributed by atoms with Crippen molar-refractivity contribution in [2.24, 2.45) is 5.41 Å². The second-order valence-electron chi connectivity index (χ2n) is 11.6. The Hall–Kier alpha value is -4.32. The van der Waals surface area contributed by atoms with E-state index in [0.717, 1.165) is 43.6 Å². The van der Waals surface area contributed by atoms with Crippen LogP contribution in [0.4, 0.5) is 10.1 Å². The summed E-state index contributed by atoms with van der Waals surface area (Å²) in [6, 6.07) is 19.9. The summed E-state index contributed by atoms with van der Waals surface area (Å²) in [6.07, 6.45) is 9.58. The minimum Gasteiger partial charge on any atom is -0.370 e. The maximum Gasteiger partial charge on any atom is 0.143 e. The van der Waals surface area contributed by atoms with Crippen LogP contribution in [0.1, 0.15) is 61.4 Å². The Morgan fingerprint density at radius 3 is 2.00 bits per heavy atom. The molecule has 2 heterocycles. The Morgan fingerprint density at radius 1 is 0.930 bits per heavy atom. The fraction of sp³-hybridized carbons (Fsp3) is 0.324. The van der Waals surface area contributed by atoms with Gasteiger partial charge in [-0.1, -0.05) is 60.5 Å². The number of fused-ring (bicyclic) bond motifs is 1. The minimum absolute atomic E-state index is 0.0370. The van der Waals surface area contributed by atoms with Crippen molar-refractivity contribution in [3.05, 3.63) is 113 Å². The van der Waals surface area contributed by atoms with E-state index in [4.69, 9.17) is 0 Å². The van der Waals surface area contributed by atoms with Crippen molar-refractivity contribution >= 4 is 22.8 Å².